The molecule has 1 fully saturated rings. The molecule has 1 aliphatic rings. The van der Waals surface area contributed by atoms with Crippen molar-refractivity contribution in [3.63, 3.8) is 0 Å². The first kappa shape index (κ1) is 21.4. The molecule has 1 saturated heterocycles. The van der Waals surface area contributed by atoms with Gasteiger partial charge in [0.15, 0.2) is 0 Å². The number of nitrogens with zero attached hydrogens (tertiary/aromatic N) is 1. The Hall–Kier alpha value is 0.340. The van der Waals surface area contributed by atoms with E-state index in [9.17, 15) is 9.13 Å². The number of hydrogen-bond donors (Lipinski definition) is 2. The lowest BCUT2D eigenvalue weighted by atomic mass is 10.4. The molecule has 0 aromatic carbocycles. The molecule has 1 aliphatic heterocycles. The highest BCUT2D eigenvalue weighted by Crippen LogP contribution is 2.52. The van der Waals surface area contributed by atoms with E-state index in [0.717, 1.165) is 68.4 Å². The molecule has 23 heavy (non-hydrogen) atoms. The van der Waals surface area contributed by atoms with Crippen molar-refractivity contribution in [1.82, 2.24) is 10.6 Å². The average molecular weight is 366 g/mol. The first-order chi connectivity index (χ1) is 10.9. The molecule has 0 spiro atoms. The van der Waals surface area contributed by atoms with Crippen molar-refractivity contribution in [3.05, 3.63) is 0 Å². The van der Waals surface area contributed by atoms with E-state index in [4.69, 9.17) is 0 Å². The van der Waals surface area contributed by atoms with Gasteiger partial charge in [-0.3, -0.25) is 0 Å². The summed E-state index contributed by atoms with van der Waals surface area (Å²) in [5, 5.41) is 6.94. The van der Waals surface area contributed by atoms with Gasteiger partial charge in [0.25, 0.3) is 0 Å². The van der Waals surface area contributed by atoms with Crippen LogP contribution in [0, 0.1) is 0 Å². The van der Waals surface area contributed by atoms with Crippen molar-refractivity contribution in [1.29, 1.82) is 0 Å². The van der Waals surface area contributed by atoms with Gasteiger partial charge in [0, 0.05) is 50.8 Å². The molecule has 0 bridgehead atoms. The maximum Gasteiger partial charge on any atom is 0.139 e. The fourth-order valence-electron chi connectivity index (χ4n) is 3.44. The molecule has 2 N–H and O–H groups in total. The Labute approximate surface area is 143 Å². The van der Waals surface area contributed by atoms with Crippen LogP contribution in [0.15, 0.2) is 0 Å². The number of quaternary nitrogens is 1. The molecule has 138 valence electrons. The van der Waals surface area contributed by atoms with Crippen molar-refractivity contribution >= 4 is 14.3 Å². The summed E-state index contributed by atoms with van der Waals surface area (Å²) in [5.41, 5.74) is 0. The molecule has 5 nitrogen and oxygen atoms in total. The standard InChI is InChI=1S/C16H38N3O2P2/c1-5-22(20,6-2)15-19(16-23(21,7-3)8-4)13-11-17-9-10-18-12-14-19/h17-18H,5-16H2,1-4H3/q+1. The molecule has 0 saturated carbocycles. The van der Waals surface area contributed by atoms with Crippen LogP contribution in [0.4, 0.5) is 0 Å². The fraction of sp³-hybridized carbons (Fsp3) is 1.00. The Kier molecular flexibility index (Phi) is 9.04. The van der Waals surface area contributed by atoms with E-state index in [1.54, 1.807) is 0 Å². The van der Waals surface area contributed by atoms with Crippen LogP contribution in [-0.4, -0.2) is 81.0 Å². The highest BCUT2D eigenvalue weighted by molar-refractivity contribution is 7.64. The summed E-state index contributed by atoms with van der Waals surface area (Å²) in [7, 11) is -4.35. The van der Waals surface area contributed by atoms with Gasteiger partial charge in [-0.15, -0.1) is 0 Å². The van der Waals surface area contributed by atoms with Gasteiger partial charge < -0.3 is 24.2 Å². The third-order valence-electron chi connectivity index (χ3n) is 5.43. The molecule has 0 atom stereocenters. The highest BCUT2D eigenvalue weighted by Gasteiger charge is 2.40. The van der Waals surface area contributed by atoms with Gasteiger partial charge in [0.2, 0.25) is 0 Å². The van der Waals surface area contributed by atoms with Gasteiger partial charge >= 0.3 is 0 Å². The largest absolute Gasteiger partial charge is 0.318 e. The van der Waals surface area contributed by atoms with Crippen LogP contribution in [0.5, 0.6) is 0 Å². The third-order valence-corrected chi connectivity index (χ3v) is 12.3. The zero-order chi connectivity index (χ0) is 17.4. The predicted octanol–water partition coefficient (Wildman–Crippen LogP) is 2.72. The SMILES string of the molecule is CCP(=O)(CC)C[N+]1(CP(=O)(CC)CC)CCNCCNCC1. The Morgan fingerprint density at radius 1 is 0.696 bits per heavy atom. The minimum atomic E-state index is -2.17. The molecule has 0 unspecified atom stereocenters. The molecular weight excluding hydrogens is 328 g/mol. The molecule has 1 rings (SSSR count). The molecule has 1 heterocycles. The van der Waals surface area contributed by atoms with Crippen LogP contribution in [-0.2, 0) is 9.13 Å². The molecule has 7 heteroatoms. The number of rotatable bonds is 8. The summed E-state index contributed by atoms with van der Waals surface area (Å²) in [6.07, 6.45) is 4.46. The Morgan fingerprint density at radius 2 is 1.04 bits per heavy atom. The van der Waals surface area contributed by atoms with Gasteiger partial charge in [-0.25, -0.2) is 0 Å². The molecule has 0 aliphatic carbocycles. The summed E-state index contributed by atoms with van der Waals surface area (Å²) in [6, 6.07) is 0. The van der Waals surface area contributed by atoms with E-state index >= 15 is 0 Å². The first-order valence-electron chi connectivity index (χ1n) is 9.27. The van der Waals surface area contributed by atoms with Gasteiger partial charge in [-0.05, 0) is 0 Å². The lowest BCUT2D eigenvalue weighted by molar-refractivity contribution is -0.904. The van der Waals surface area contributed by atoms with Crippen molar-refractivity contribution in [2.24, 2.45) is 0 Å². The van der Waals surface area contributed by atoms with Gasteiger partial charge in [-0.2, -0.15) is 0 Å². The molecule has 0 aromatic rings. The average Bonchev–Trinajstić information content (AvgIpc) is 2.67. The predicted molar refractivity (Wildman–Crippen MR) is 103 cm³/mol. The summed E-state index contributed by atoms with van der Waals surface area (Å²) in [6.45, 7) is 13.9. The topological polar surface area (TPSA) is 58.2 Å². The van der Waals surface area contributed by atoms with Crippen LogP contribution in [0.2, 0.25) is 0 Å². The van der Waals surface area contributed by atoms with Gasteiger partial charge in [0.1, 0.15) is 26.9 Å². The van der Waals surface area contributed by atoms with Crippen molar-refractivity contribution < 1.29 is 13.6 Å². The molecule has 0 aromatic heterocycles. The summed E-state index contributed by atoms with van der Waals surface area (Å²) >= 11 is 0. The zero-order valence-electron chi connectivity index (χ0n) is 15.6. The molecule has 0 amide bonds. The monoisotopic (exact) mass is 366 g/mol. The Balaban J connectivity index is 3.10. The quantitative estimate of drug-likeness (QED) is 0.512. The second-order valence-electron chi connectivity index (χ2n) is 6.95. The number of hydrogen-bond acceptors (Lipinski definition) is 4. The smallest absolute Gasteiger partial charge is 0.139 e. The van der Waals surface area contributed by atoms with E-state index in [2.05, 4.69) is 10.6 Å². The van der Waals surface area contributed by atoms with Crippen LogP contribution in [0.25, 0.3) is 0 Å². The Bertz CT molecular complexity index is 387. The highest BCUT2D eigenvalue weighted by atomic mass is 31.2. The summed E-state index contributed by atoms with van der Waals surface area (Å²) in [5.74, 6) is 0. The maximum atomic E-state index is 13.2. The van der Waals surface area contributed by atoms with E-state index < -0.39 is 14.3 Å². The number of nitrogens with one attached hydrogen (secondary N) is 2. The fourth-order valence-corrected chi connectivity index (χ4v) is 8.24. The second kappa shape index (κ2) is 9.73. The van der Waals surface area contributed by atoms with E-state index in [1.165, 1.54) is 0 Å². The van der Waals surface area contributed by atoms with Crippen LogP contribution >= 0.6 is 14.3 Å². The first-order valence-corrected chi connectivity index (χ1v) is 13.8. The normalized spacial score (nSPS) is 20.5. The van der Waals surface area contributed by atoms with Crippen LogP contribution in [0.3, 0.4) is 0 Å². The molecule has 0 radical (unpaired) electrons. The summed E-state index contributed by atoms with van der Waals surface area (Å²) in [4.78, 5) is 0. The van der Waals surface area contributed by atoms with Crippen LogP contribution < -0.4 is 10.6 Å². The lowest BCUT2D eigenvalue weighted by Crippen LogP contribution is -2.54. The Morgan fingerprint density at radius 3 is 1.35 bits per heavy atom. The third kappa shape index (κ3) is 6.63. The summed E-state index contributed by atoms with van der Waals surface area (Å²) < 4.78 is 27.2. The van der Waals surface area contributed by atoms with Crippen molar-refractivity contribution in [2.45, 2.75) is 27.7 Å². The van der Waals surface area contributed by atoms with Crippen LogP contribution in [0.1, 0.15) is 27.7 Å². The van der Waals surface area contributed by atoms with Gasteiger partial charge in [-0.1, -0.05) is 27.7 Å². The minimum Gasteiger partial charge on any atom is -0.318 e. The van der Waals surface area contributed by atoms with E-state index in [-0.39, 0.29) is 0 Å². The van der Waals surface area contributed by atoms with Crippen molar-refractivity contribution in [2.75, 3.05) is 76.5 Å². The zero-order valence-corrected chi connectivity index (χ0v) is 17.4. The minimum absolute atomic E-state index is 0.716. The van der Waals surface area contributed by atoms with Gasteiger partial charge in [0.05, 0.1) is 13.1 Å². The lowest BCUT2D eigenvalue weighted by Gasteiger charge is -2.42. The second-order valence-corrected chi connectivity index (χ2v) is 14.3. The van der Waals surface area contributed by atoms with E-state index in [0.29, 0.717) is 12.6 Å². The van der Waals surface area contributed by atoms with E-state index in [1.807, 2.05) is 27.7 Å². The molecular formula is C16H38N3O2P2+. The maximum absolute atomic E-state index is 13.2. The van der Waals surface area contributed by atoms with Crippen molar-refractivity contribution in [3.8, 4) is 0 Å².